The first-order valence-corrected chi connectivity index (χ1v) is 7.22. The lowest BCUT2D eigenvalue weighted by Crippen LogP contribution is -2.20. The maximum absolute atomic E-state index is 12.1. The number of ether oxygens (including phenoxy) is 3. The number of anilines is 1. The highest BCUT2D eigenvalue weighted by Crippen LogP contribution is 2.32. The fourth-order valence-electron chi connectivity index (χ4n) is 2.08. The van der Waals surface area contributed by atoms with Gasteiger partial charge in [0.15, 0.2) is 18.1 Å². The van der Waals surface area contributed by atoms with E-state index < -0.39 is 0 Å². The van der Waals surface area contributed by atoms with Gasteiger partial charge in [0.1, 0.15) is 5.75 Å². The van der Waals surface area contributed by atoms with Crippen molar-refractivity contribution in [1.29, 1.82) is 5.26 Å². The molecule has 0 atom stereocenters. The molecule has 1 amide bonds. The molecule has 0 fully saturated rings. The molecule has 2 rings (SSSR count). The van der Waals surface area contributed by atoms with Crippen LogP contribution in [0.4, 0.5) is 5.69 Å². The topological polar surface area (TPSA) is 80.6 Å². The molecule has 0 aromatic heterocycles. The molecule has 0 aliphatic rings. The molecule has 0 heterocycles. The van der Waals surface area contributed by atoms with E-state index in [0.29, 0.717) is 28.5 Å². The van der Waals surface area contributed by atoms with Gasteiger partial charge in [0, 0.05) is 11.8 Å². The van der Waals surface area contributed by atoms with Crippen LogP contribution >= 0.6 is 0 Å². The zero-order valence-corrected chi connectivity index (χ0v) is 13.8. The van der Waals surface area contributed by atoms with Crippen LogP contribution in [0.25, 0.3) is 0 Å². The molecular formula is C18H18N2O4. The van der Waals surface area contributed by atoms with Gasteiger partial charge in [-0.05, 0) is 42.8 Å². The Morgan fingerprint density at radius 1 is 1.12 bits per heavy atom. The van der Waals surface area contributed by atoms with Gasteiger partial charge in [-0.25, -0.2) is 0 Å². The van der Waals surface area contributed by atoms with Crippen molar-refractivity contribution < 1.29 is 19.0 Å². The second-order valence-corrected chi connectivity index (χ2v) is 5.00. The maximum atomic E-state index is 12.1. The number of aryl methyl sites for hydroxylation is 1. The van der Waals surface area contributed by atoms with E-state index in [1.807, 2.05) is 13.0 Å². The summed E-state index contributed by atoms with van der Waals surface area (Å²) in [6.45, 7) is 1.72. The highest BCUT2D eigenvalue weighted by molar-refractivity contribution is 5.93. The first-order chi connectivity index (χ1) is 11.6. The molecular weight excluding hydrogens is 308 g/mol. The molecule has 0 aliphatic heterocycles. The van der Waals surface area contributed by atoms with E-state index in [0.717, 1.165) is 5.56 Å². The lowest BCUT2D eigenvalue weighted by Gasteiger charge is -2.14. The second kappa shape index (κ2) is 7.88. The molecule has 6 nitrogen and oxygen atoms in total. The highest BCUT2D eigenvalue weighted by atomic mass is 16.5. The molecule has 1 N–H and O–H groups in total. The van der Waals surface area contributed by atoms with Crippen molar-refractivity contribution in [2.24, 2.45) is 0 Å². The molecule has 0 radical (unpaired) electrons. The van der Waals surface area contributed by atoms with E-state index in [4.69, 9.17) is 19.5 Å². The Bertz CT molecular complexity index is 764. The lowest BCUT2D eigenvalue weighted by molar-refractivity contribution is -0.118. The van der Waals surface area contributed by atoms with Crippen molar-refractivity contribution in [2.45, 2.75) is 6.92 Å². The van der Waals surface area contributed by atoms with Crippen LogP contribution in [0.3, 0.4) is 0 Å². The molecule has 0 saturated heterocycles. The number of carbonyl (C=O) groups excluding carboxylic acids is 1. The van der Waals surface area contributed by atoms with E-state index in [9.17, 15) is 4.79 Å². The van der Waals surface area contributed by atoms with Gasteiger partial charge in [0.25, 0.3) is 5.91 Å². The number of methoxy groups -OCH3 is 2. The smallest absolute Gasteiger partial charge is 0.262 e. The summed E-state index contributed by atoms with van der Waals surface area (Å²) in [5.74, 6) is 1.36. The normalized spacial score (nSPS) is 9.75. The third-order valence-corrected chi connectivity index (χ3v) is 3.36. The van der Waals surface area contributed by atoms with Gasteiger partial charge in [-0.3, -0.25) is 4.79 Å². The SMILES string of the molecule is COc1cc(C)c(NC(=O)COc2ccc(C#N)cc2)cc1OC. The summed E-state index contributed by atoms with van der Waals surface area (Å²) in [5, 5.41) is 11.5. The molecule has 0 saturated carbocycles. The highest BCUT2D eigenvalue weighted by Gasteiger charge is 2.11. The number of hydrogen-bond donors (Lipinski definition) is 1. The van der Waals surface area contributed by atoms with Gasteiger partial charge >= 0.3 is 0 Å². The zero-order chi connectivity index (χ0) is 17.5. The number of hydrogen-bond acceptors (Lipinski definition) is 5. The van der Waals surface area contributed by atoms with Crippen LogP contribution in [0.2, 0.25) is 0 Å². The van der Waals surface area contributed by atoms with Gasteiger partial charge in [0.05, 0.1) is 25.9 Å². The van der Waals surface area contributed by atoms with Gasteiger partial charge in [0.2, 0.25) is 0 Å². The Balaban J connectivity index is 2.00. The Kier molecular flexibility index (Phi) is 5.63. The van der Waals surface area contributed by atoms with Crippen molar-refractivity contribution in [3.05, 3.63) is 47.5 Å². The largest absolute Gasteiger partial charge is 0.493 e. The second-order valence-electron chi connectivity index (χ2n) is 5.00. The van der Waals surface area contributed by atoms with Crippen molar-refractivity contribution in [3.8, 4) is 23.3 Å². The first kappa shape index (κ1) is 17.2. The predicted molar refractivity (Wildman–Crippen MR) is 89.6 cm³/mol. The summed E-state index contributed by atoms with van der Waals surface area (Å²) in [6, 6.07) is 12.1. The summed E-state index contributed by atoms with van der Waals surface area (Å²) in [7, 11) is 3.09. The number of nitriles is 1. The van der Waals surface area contributed by atoms with Crippen molar-refractivity contribution in [3.63, 3.8) is 0 Å². The van der Waals surface area contributed by atoms with Gasteiger partial charge in [-0.2, -0.15) is 5.26 Å². The third-order valence-electron chi connectivity index (χ3n) is 3.36. The Labute approximate surface area is 140 Å². The zero-order valence-electron chi connectivity index (χ0n) is 13.8. The number of nitrogens with one attached hydrogen (secondary N) is 1. The predicted octanol–water partition coefficient (Wildman–Crippen LogP) is 2.90. The number of benzene rings is 2. The van der Waals surface area contributed by atoms with E-state index in [-0.39, 0.29) is 12.5 Å². The molecule has 2 aromatic rings. The fraction of sp³-hybridized carbons (Fsp3) is 0.222. The molecule has 124 valence electrons. The quantitative estimate of drug-likeness (QED) is 0.883. The van der Waals surface area contributed by atoms with Crippen LogP contribution < -0.4 is 19.5 Å². The molecule has 24 heavy (non-hydrogen) atoms. The standard InChI is InChI=1S/C18H18N2O4/c1-12-8-16(22-2)17(23-3)9-15(12)20-18(21)11-24-14-6-4-13(10-19)5-7-14/h4-9H,11H2,1-3H3,(H,20,21). The van der Waals surface area contributed by atoms with Gasteiger partial charge in [-0.1, -0.05) is 0 Å². The van der Waals surface area contributed by atoms with E-state index in [2.05, 4.69) is 5.32 Å². The van der Waals surface area contributed by atoms with Crippen LogP contribution in [-0.4, -0.2) is 26.7 Å². The van der Waals surface area contributed by atoms with Crippen molar-refractivity contribution in [1.82, 2.24) is 0 Å². The van der Waals surface area contributed by atoms with Crippen LogP contribution in [0.15, 0.2) is 36.4 Å². The molecule has 0 aliphatic carbocycles. The number of nitrogens with zero attached hydrogens (tertiary/aromatic N) is 1. The van der Waals surface area contributed by atoms with Crippen molar-refractivity contribution >= 4 is 11.6 Å². The Morgan fingerprint density at radius 2 is 1.75 bits per heavy atom. The van der Waals surface area contributed by atoms with Crippen molar-refractivity contribution in [2.75, 3.05) is 26.1 Å². The number of carbonyl (C=O) groups is 1. The number of amides is 1. The summed E-state index contributed by atoms with van der Waals surface area (Å²) in [6.07, 6.45) is 0. The summed E-state index contributed by atoms with van der Waals surface area (Å²) in [4.78, 5) is 12.1. The Morgan fingerprint density at radius 3 is 2.33 bits per heavy atom. The Hall–Kier alpha value is -3.20. The minimum Gasteiger partial charge on any atom is -0.493 e. The minimum atomic E-state index is -0.297. The van der Waals surface area contributed by atoms with Gasteiger partial charge < -0.3 is 19.5 Å². The van der Waals surface area contributed by atoms with Crippen LogP contribution in [0, 0.1) is 18.3 Å². The molecule has 0 unspecified atom stereocenters. The number of rotatable bonds is 6. The molecule has 0 bridgehead atoms. The summed E-state index contributed by atoms with van der Waals surface area (Å²) < 4.78 is 15.9. The first-order valence-electron chi connectivity index (χ1n) is 7.22. The molecule has 0 spiro atoms. The summed E-state index contributed by atoms with van der Waals surface area (Å²) >= 11 is 0. The van der Waals surface area contributed by atoms with Crippen LogP contribution in [-0.2, 0) is 4.79 Å². The van der Waals surface area contributed by atoms with Gasteiger partial charge in [-0.15, -0.1) is 0 Å². The minimum absolute atomic E-state index is 0.139. The monoisotopic (exact) mass is 326 g/mol. The van der Waals surface area contributed by atoms with E-state index in [1.54, 1.807) is 43.5 Å². The third kappa shape index (κ3) is 4.17. The van der Waals surface area contributed by atoms with E-state index >= 15 is 0 Å². The average molecular weight is 326 g/mol. The maximum Gasteiger partial charge on any atom is 0.262 e. The molecule has 6 heteroatoms. The average Bonchev–Trinajstić information content (AvgIpc) is 2.61. The molecule has 2 aromatic carbocycles. The lowest BCUT2D eigenvalue weighted by atomic mass is 10.1. The van der Waals surface area contributed by atoms with E-state index in [1.165, 1.54) is 7.11 Å². The van der Waals surface area contributed by atoms with Crippen LogP contribution in [0.5, 0.6) is 17.2 Å². The fourth-order valence-corrected chi connectivity index (χ4v) is 2.08. The summed E-state index contributed by atoms with van der Waals surface area (Å²) in [5.41, 5.74) is 2.01. The van der Waals surface area contributed by atoms with Crippen LogP contribution in [0.1, 0.15) is 11.1 Å².